The van der Waals surface area contributed by atoms with Gasteiger partial charge >= 0.3 is 11.9 Å². The van der Waals surface area contributed by atoms with E-state index >= 15 is 0 Å². The molecule has 0 N–H and O–H groups in total. The van der Waals surface area contributed by atoms with E-state index in [1.165, 1.54) is 6.92 Å². The highest BCUT2D eigenvalue weighted by molar-refractivity contribution is 5.69. The Morgan fingerprint density at radius 2 is 1.87 bits per heavy atom. The maximum atomic E-state index is 11.9. The molecule has 2 fully saturated rings. The van der Waals surface area contributed by atoms with Crippen LogP contribution in [0, 0.1) is 11.8 Å². The van der Waals surface area contributed by atoms with Crippen molar-refractivity contribution in [1.29, 1.82) is 0 Å². The van der Waals surface area contributed by atoms with Gasteiger partial charge in [-0.05, 0) is 46.0 Å². The standard InChI is InChI=1S/C23H38O7/c1-16(2)28-22(26)11-7-5-4-6-10-18-19(15-24)21(14-20(18)29-17(3)25)30-23-12-8-9-13-27-23/h15-16,18-21,23H,4-14H2,1-3H3/t18-,19-,20+,21-,23?/m1/s1. The molecule has 0 bridgehead atoms. The summed E-state index contributed by atoms with van der Waals surface area (Å²) in [5.41, 5.74) is 0. The van der Waals surface area contributed by atoms with Crippen LogP contribution in [0.3, 0.4) is 0 Å². The van der Waals surface area contributed by atoms with Gasteiger partial charge in [-0.1, -0.05) is 19.3 Å². The van der Waals surface area contributed by atoms with Crippen molar-refractivity contribution in [2.75, 3.05) is 6.61 Å². The monoisotopic (exact) mass is 426 g/mol. The van der Waals surface area contributed by atoms with Gasteiger partial charge in [-0.2, -0.15) is 0 Å². The second-order valence-electron chi connectivity index (χ2n) is 8.72. The lowest BCUT2D eigenvalue weighted by atomic mass is 9.89. The molecule has 1 aliphatic carbocycles. The molecule has 0 aromatic heterocycles. The zero-order chi connectivity index (χ0) is 21.9. The fraction of sp³-hybridized carbons (Fsp3) is 0.870. The first-order valence-corrected chi connectivity index (χ1v) is 11.5. The van der Waals surface area contributed by atoms with Crippen LogP contribution in [0.5, 0.6) is 0 Å². The molecule has 0 spiro atoms. The lowest BCUT2D eigenvalue weighted by Gasteiger charge is -2.28. The van der Waals surface area contributed by atoms with E-state index in [-0.39, 0.29) is 48.4 Å². The van der Waals surface area contributed by atoms with Gasteiger partial charge in [0.25, 0.3) is 0 Å². The van der Waals surface area contributed by atoms with Gasteiger partial charge in [0.15, 0.2) is 6.29 Å². The molecule has 1 saturated carbocycles. The first-order valence-electron chi connectivity index (χ1n) is 11.5. The summed E-state index contributed by atoms with van der Waals surface area (Å²) < 4.78 is 22.5. The summed E-state index contributed by atoms with van der Waals surface area (Å²) in [6, 6.07) is 0. The highest BCUT2D eigenvalue weighted by Gasteiger charge is 2.46. The molecular formula is C23H38O7. The number of rotatable bonds is 12. The van der Waals surface area contributed by atoms with Crippen LogP contribution in [0.2, 0.25) is 0 Å². The predicted octanol–water partition coefficient (Wildman–Crippen LogP) is 3.96. The third kappa shape index (κ3) is 8.34. The minimum atomic E-state index is -0.326. The fourth-order valence-electron chi connectivity index (χ4n) is 4.48. The summed E-state index contributed by atoms with van der Waals surface area (Å²) in [7, 11) is 0. The Labute approximate surface area is 180 Å². The van der Waals surface area contributed by atoms with Crippen molar-refractivity contribution in [2.24, 2.45) is 11.8 Å². The van der Waals surface area contributed by atoms with E-state index in [0.29, 0.717) is 19.4 Å². The number of hydrogen-bond acceptors (Lipinski definition) is 7. The third-order valence-corrected chi connectivity index (χ3v) is 5.84. The molecule has 2 rings (SSSR count). The molecule has 1 saturated heterocycles. The summed E-state index contributed by atoms with van der Waals surface area (Å²) in [5.74, 6) is -0.804. The van der Waals surface area contributed by atoms with Crippen molar-refractivity contribution >= 4 is 18.2 Å². The largest absolute Gasteiger partial charge is 0.463 e. The van der Waals surface area contributed by atoms with E-state index in [1.807, 2.05) is 13.8 Å². The van der Waals surface area contributed by atoms with Crippen LogP contribution in [-0.2, 0) is 33.3 Å². The molecule has 1 unspecified atom stereocenters. The van der Waals surface area contributed by atoms with Gasteiger partial charge in [0, 0.05) is 38.2 Å². The summed E-state index contributed by atoms with van der Waals surface area (Å²) in [5, 5.41) is 0. The van der Waals surface area contributed by atoms with Crippen molar-refractivity contribution in [1.82, 2.24) is 0 Å². The highest BCUT2D eigenvalue weighted by atomic mass is 16.7. The minimum Gasteiger partial charge on any atom is -0.463 e. The maximum absolute atomic E-state index is 11.9. The van der Waals surface area contributed by atoms with Crippen LogP contribution in [0.15, 0.2) is 0 Å². The Bertz CT molecular complexity index is 542. The average molecular weight is 427 g/mol. The first-order chi connectivity index (χ1) is 14.4. The van der Waals surface area contributed by atoms with Crippen LogP contribution in [0.4, 0.5) is 0 Å². The molecule has 0 radical (unpaired) electrons. The van der Waals surface area contributed by atoms with Crippen molar-refractivity contribution < 1.29 is 33.3 Å². The molecule has 7 nitrogen and oxygen atoms in total. The summed E-state index contributed by atoms with van der Waals surface area (Å²) in [6.07, 6.45) is 8.35. The number of unbranched alkanes of at least 4 members (excludes halogenated alkanes) is 3. The van der Waals surface area contributed by atoms with Crippen molar-refractivity contribution in [3.05, 3.63) is 0 Å². The fourth-order valence-corrected chi connectivity index (χ4v) is 4.48. The Kier molecular flexibility index (Phi) is 10.8. The van der Waals surface area contributed by atoms with Crippen LogP contribution in [0.1, 0.15) is 85.0 Å². The van der Waals surface area contributed by atoms with Crippen LogP contribution >= 0.6 is 0 Å². The topological polar surface area (TPSA) is 88.1 Å². The zero-order valence-electron chi connectivity index (χ0n) is 18.7. The molecule has 1 aliphatic heterocycles. The number of ether oxygens (including phenoxy) is 4. The van der Waals surface area contributed by atoms with Gasteiger partial charge < -0.3 is 23.7 Å². The van der Waals surface area contributed by atoms with Gasteiger partial charge in [0.2, 0.25) is 0 Å². The lowest BCUT2D eigenvalue weighted by Crippen LogP contribution is -2.32. The summed E-state index contributed by atoms with van der Waals surface area (Å²) >= 11 is 0. The van der Waals surface area contributed by atoms with Gasteiger partial charge in [-0.15, -0.1) is 0 Å². The predicted molar refractivity (Wildman–Crippen MR) is 111 cm³/mol. The second-order valence-corrected chi connectivity index (χ2v) is 8.72. The molecule has 30 heavy (non-hydrogen) atoms. The molecule has 0 amide bonds. The van der Waals surface area contributed by atoms with E-state index in [2.05, 4.69) is 0 Å². The highest BCUT2D eigenvalue weighted by Crippen LogP contribution is 2.40. The number of aldehydes is 1. The van der Waals surface area contributed by atoms with E-state index in [1.54, 1.807) is 0 Å². The van der Waals surface area contributed by atoms with Crippen molar-refractivity contribution in [2.45, 2.75) is 110 Å². The summed E-state index contributed by atoms with van der Waals surface area (Å²) in [4.78, 5) is 35.0. The smallest absolute Gasteiger partial charge is 0.306 e. The summed E-state index contributed by atoms with van der Waals surface area (Å²) in [6.45, 7) is 5.78. The van der Waals surface area contributed by atoms with Crippen LogP contribution in [0.25, 0.3) is 0 Å². The van der Waals surface area contributed by atoms with Gasteiger partial charge in [0.1, 0.15) is 12.4 Å². The van der Waals surface area contributed by atoms with Gasteiger partial charge in [0.05, 0.1) is 12.2 Å². The first kappa shape index (κ1) is 24.8. The van der Waals surface area contributed by atoms with Crippen LogP contribution in [-0.4, -0.2) is 49.4 Å². The van der Waals surface area contributed by atoms with Crippen molar-refractivity contribution in [3.8, 4) is 0 Å². The molecule has 2 aliphatic rings. The zero-order valence-corrected chi connectivity index (χ0v) is 18.7. The van der Waals surface area contributed by atoms with Crippen molar-refractivity contribution in [3.63, 3.8) is 0 Å². The average Bonchev–Trinajstić information content (AvgIpc) is 2.99. The van der Waals surface area contributed by atoms with E-state index in [0.717, 1.165) is 57.7 Å². The molecule has 172 valence electrons. The molecule has 0 aromatic carbocycles. The van der Waals surface area contributed by atoms with Crippen LogP contribution < -0.4 is 0 Å². The SMILES string of the molecule is CC(=O)O[C@H]1C[C@@H](OC2CCCCO2)[C@H](C=O)[C@H]1CCCCCCC(=O)OC(C)C. The molecule has 5 atom stereocenters. The molecule has 1 heterocycles. The normalized spacial score (nSPS) is 29.0. The quantitative estimate of drug-likeness (QED) is 0.265. The number of hydrogen-bond donors (Lipinski definition) is 0. The third-order valence-electron chi connectivity index (χ3n) is 5.84. The Morgan fingerprint density at radius 1 is 1.10 bits per heavy atom. The number of esters is 2. The molecule has 7 heteroatoms. The lowest BCUT2D eigenvalue weighted by molar-refractivity contribution is -0.195. The van der Waals surface area contributed by atoms with E-state index < -0.39 is 0 Å². The van der Waals surface area contributed by atoms with Gasteiger partial charge in [-0.3, -0.25) is 9.59 Å². The molecular weight excluding hydrogens is 388 g/mol. The Morgan fingerprint density at radius 3 is 2.50 bits per heavy atom. The van der Waals surface area contributed by atoms with Gasteiger partial charge in [-0.25, -0.2) is 0 Å². The van der Waals surface area contributed by atoms with E-state index in [4.69, 9.17) is 18.9 Å². The maximum Gasteiger partial charge on any atom is 0.306 e. The number of carbonyl (C=O) groups is 3. The molecule has 0 aromatic rings. The minimum absolute atomic E-state index is 0.0362. The van der Waals surface area contributed by atoms with E-state index in [9.17, 15) is 14.4 Å². The Balaban J connectivity index is 1.80. The second kappa shape index (κ2) is 13.1. The Hall–Kier alpha value is -1.47. The number of carbonyl (C=O) groups excluding carboxylic acids is 3.